The van der Waals surface area contributed by atoms with Crippen LogP contribution in [0.3, 0.4) is 0 Å². The van der Waals surface area contributed by atoms with Crippen molar-refractivity contribution in [3.8, 4) is 17.3 Å². The van der Waals surface area contributed by atoms with E-state index in [-0.39, 0.29) is 5.95 Å². The van der Waals surface area contributed by atoms with Crippen LogP contribution >= 0.6 is 0 Å². The van der Waals surface area contributed by atoms with Crippen LogP contribution < -0.4 is 0 Å². The van der Waals surface area contributed by atoms with Crippen molar-refractivity contribution in [2.24, 2.45) is 10.2 Å². The summed E-state index contributed by atoms with van der Waals surface area (Å²) in [5.74, 6) is 0.816. The molecule has 0 fully saturated rings. The third kappa shape index (κ3) is 3.48. The summed E-state index contributed by atoms with van der Waals surface area (Å²) in [7, 11) is 0. The third-order valence-electron chi connectivity index (χ3n) is 3.58. The van der Waals surface area contributed by atoms with Crippen molar-refractivity contribution in [3.63, 3.8) is 0 Å². The molecule has 0 aliphatic rings. The molecule has 4 nitrogen and oxygen atoms in total. The molecule has 3 aromatic rings. The highest BCUT2D eigenvalue weighted by molar-refractivity contribution is 5.65. The van der Waals surface area contributed by atoms with Gasteiger partial charge in [0.25, 0.3) is 0 Å². The third-order valence-corrected chi connectivity index (χ3v) is 3.58. The first-order chi connectivity index (χ1) is 11.1. The van der Waals surface area contributed by atoms with Crippen LogP contribution in [0.15, 0.2) is 75.3 Å². The average Bonchev–Trinajstić information content (AvgIpc) is 2.95. The van der Waals surface area contributed by atoms with E-state index in [1.807, 2.05) is 42.5 Å². The van der Waals surface area contributed by atoms with Gasteiger partial charge in [0.1, 0.15) is 5.76 Å². The molecule has 1 heterocycles. The van der Waals surface area contributed by atoms with E-state index in [2.05, 4.69) is 36.2 Å². The first-order valence-electron chi connectivity index (χ1n) is 7.53. The van der Waals surface area contributed by atoms with Gasteiger partial charge in [-0.25, -0.2) is 0 Å². The van der Waals surface area contributed by atoms with E-state index in [4.69, 9.17) is 4.42 Å². The zero-order valence-corrected chi connectivity index (χ0v) is 13.1. The molecule has 4 heteroatoms. The molecular weight excluding hydrogens is 288 g/mol. The molecule has 0 unspecified atom stereocenters. The van der Waals surface area contributed by atoms with Gasteiger partial charge in [-0.05, 0) is 23.6 Å². The fourth-order valence-corrected chi connectivity index (χ4v) is 2.22. The molecular formula is C19H18N2O2. The van der Waals surface area contributed by atoms with Gasteiger partial charge in [0, 0.05) is 11.6 Å². The van der Waals surface area contributed by atoms with Crippen molar-refractivity contribution in [2.75, 3.05) is 0 Å². The Kier molecular flexibility index (Phi) is 4.24. The van der Waals surface area contributed by atoms with E-state index in [0.29, 0.717) is 17.4 Å². The molecule has 2 aromatic carbocycles. The second-order valence-corrected chi connectivity index (χ2v) is 5.61. The monoisotopic (exact) mass is 306 g/mol. The first kappa shape index (κ1) is 15.0. The van der Waals surface area contributed by atoms with Gasteiger partial charge in [-0.2, -0.15) is 5.11 Å². The van der Waals surface area contributed by atoms with Crippen LogP contribution in [0.2, 0.25) is 0 Å². The lowest BCUT2D eigenvalue weighted by atomic mass is 10.0. The van der Waals surface area contributed by atoms with Gasteiger partial charge >= 0.3 is 5.95 Å². The summed E-state index contributed by atoms with van der Waals surface area (Å²) in [6.07, 6.45) is 0. The Morgan fingerprint density at radius 3 is 2.26 bits per heavy atom. The first-order valence-corrected chi connectivity index (χ1v) is 7.53. The number of furan rings is 1. The van der Waals surface area contributed by atoms with E-state index < -0.39 is 0 Å². The van der Waals surface area contributed by atoms with Crippen LogP contribution in [-0.2, 0) is 0 Å². The fourth-order valence-electron chi connectivity index (χ4n) is 2.22. The maximum atomic E-state index is 9.89. The number of nitrogens with zero attached hydrogens (tertiary/aromatic N) is 2. The summed E-state index contributed by atoms with van der Waals surface area (Å²) in [5.41, 5.74) is 3.19. The molecule has 116 valence electrons. The van der Waals surface area contributed by atoms with Crippen LogP contribution in [0.1, 0.15) is 25.3 Å². The summed E-state index contributed by atoms with van der Waals surface area (Å²) in [5, 5.41) is 18.0. The Morgan fingerprint density at radius 1 is 0.913 bits per heavy atom. The van der Waals surface area contributed by atoms with Crippen molar-refractivity contribution >= 4 is 11.4 Å². The maximum Gasteiger partial charge on any atom is 0.311 e. The molecule has 0 radical (unpaired) electrons. The lowest BCUT2D eigenvalue weighted by Crippen LogP contribution is -1.85. The van der Waals surface area contributed by atoms with E-state index in [1.54, 1.807) is 6.07 Å². The Labute approximate surface area is 135 Å². The van der Waals surface area contributed by atoms with Crippen molar-refractivity contribution in [3.05, 3.63) is 66.2 Å². The Morgan fingerprint density at radius 2 is 1.61 bits per heavy atom. The summed E-state index contributed by atoms with van der Waals surface area (Å²) < 4.78 is 5.39. The number of hydrogen-bond donors (Lipinski definition) is 1. The Balaban J connectivity index is 1.84. The topological polar surface area (TPSA) is 58.1 Å². The zero-order valence-electron chi connectivity index (χ0n) is 13.1. The molecule has 0 saturated heterocycles. The highest BCUT2D eigenvalue weighted by Crippen LogP contribution is 2.37. The van der Waals surface area contributed by atoms with Gasteiger partial charge in [0.2, 0.25) is 0 Å². The van der Waals surface area contributed by atoms with Gasteiger partial charge in [0.15, 0.2) is 5.69 Å². The van der Waals surface area contributed by atoms with E-state index in [0.717, 1.165) is 11.3 Å². The average molecular weight is 306 g/mol. The number of hydrogen-bond acceptors (Lipinski definition) is 4. The van der Waals surface area contributed by atoms with Crippen LogP contribution in [0.25, 0.3) is 11.3 Å². The molecule has 23 heavy (non-hydrogen) atoms. The highest BCUT2D eigenvalue weighted by Gasteiger charge is 2.12. The number of rotatable bonds is 4. The van der Waals surface area contributed by atoms with E-state index in [1.165, 1.54) is 5.56 Å². The minimum Gasteiger partial charge on any atom is -0.479 e. The lowest BCUT2D eigenvalue weighted by Gasteiger charge is -2.05. The van der Waals surface area contributed by atoms with E-state index >= 15 is 0 Å². The van der Waals surface area contributed by atoms with Crippen LogP contribution in [0.4, 0.5) is 11.4 Å². The second kappa shape index (κ2) is 6.48. The molecule has 1 N–H and O–H groups in total. The molecule has 3 rings (SSSR count). The molecule has 0 spiro atoms. The Bertz CT molecular complexity index is 803. The summed E-state index contributed by atoms with van der Waals surface area (Å²) >= 11 is 0. The molecule has 0 bridgehead atoms. The minimum atomic E-state index is -0.229. The fraction of sp³-hybridized carbons (Fsp3) is 0.158. The summed E-state index contributed by atoms with van der Waals surface area (Å²) in [4.78, 5) is 0. The molecule has 1 aromatic heterocycles. The van der Waals surface area contributed by atoms with Gasteiger partial charge in [-0.15, -0.1) is 5.11 Å². The van der Waals surface area contributed by atoms with Gasteiger partial charge in [-0.3, -0.25) is 0 Å². The van der Waals surface area contributed by atoms with Gasteiger partial charge < -0.3 is 9.52 Å². The molecule has 0 amide bonds. The molecule has 0 aliphatic heterocycles. The van der Waals surface area contributed by atoms with Crippen molar-refractivity contribution in [1.82, 2.24) is 0 Å². The minimum absolute atomic E-state index is 0.229. The number of aromatic hydroxyl groups is 1. The molecule has 0 aliphatic carbocycles. The molecule has 0 saturated carbocycles. The predicted molar refractivity (Wildman–Crippen MR) is 90.5 cm³/mol. The second-order valence-electron chi connectivity index (χ2n) is 5.61. The number of azo groups is 1. The zero-order chi connectivity index (χ0) is 16.2. The highest BCUT2D eigenvalue weighted by atomic mass is 16.5. The normalized spacial score (nSPS) is 11.4. The Hall–Kier alpha value is -2.88. The van der Waals surface area contributed by atoms with E-state index in [9.17, 15) is 5.11 Å². The van der Waals surface area contributed by atoms with Crippen molar-refractivity contribution < 1.29 is 9.52 Å². The standard InChI is InChI=1S/C19H18N2O2/c1-13(2)14-8-10-15(11-9-14)18-12-17(19(22)23-18)21-20-16-6-4-3-5-7-16/h3-13,22H,1-2H3. The van der Waals surface area contributed by atoms with Crippen LogP contribution in [-0.4, -0.2) is 5.11 Å². The lowest BCUT2D eigenvalue weighted by molar-refractivity contribution is 0.339. The summed E-state index contributed by atoms with van der Waals surface area (Å²) in [6.45, 7) is 4.30. The molecule has 0 atom stereocenters. The summed E-state index contributed by atoms with van der Waals surface area (Å²) in [6, 6.07) is 19.1. The number of benzene rings is 2. The van der Waals surface area contributed by atoms with Crippen LogP contribution in [0.5, 0.6) is 5.95 Å². The predicted octanol–water partition coefficient (Wildman–Crippen LogP) is 6.19. The van der Waals surface area contributed by atoms with Crippen LogP contribution in [0, 0.1) is 0 Å². The SMILES string of the molecule is CC(C)c1ccc(-c2cc(N=Nc3ccccc3)c(O)o2)cc1. The smallest absolute Gasteiger partial charge is 0.311 e. The maximum absolute atomic E-state index is 9.89. The van der Waals surface area contributed by atoms with Crippen molar-refractivity contribution in [1.29, 1.82) is 0 Å². The van der Waals surface area contributed by atoms with Gasteiger partial charge in [0.05, 0.1) is 5.69 Å². The largest absolute Gasteiger partial charge is 0.479 e. The quantitative estimate of drug-likeness (QED) is 0.584. The van der Waals surface area contributed by atoms with Crippen molar-refractivity contribution in [2.45, 2.75) is 19.8 Å². The van der Waals surface area contributed by atoms with Gasteiger partial charge in [-0.1, -0.05) is 56.3 Å².